The van der Waals surface area contributed by atoms with Gasteiger partial charge in [-0.2, -0.15) is 0 Å². The van der Waals surface area contributed by atoms with Gasteiger partial charge in [-0.05, 0) is 67.2 Å². The van der Waals surface area contributed by atoms with Gasteiger partial charge in [-0.1, -0.05) is 6.07 Å². The number of methoxy groups -OCH3 is 1. The molecule has 1 aliphatic heterocycles. The van der Waals surface area contributed by atoms with E-state index in [1.807, 2.05) is 30.6 Å². The second-order valence-corrected chi connectivity index (χ2v) is 8.62. The van der Waals surface area contributed by atoms with Crippen LogP contribution < -0.4 is 4.74 Å². The smallest absolute Gasteiger partial charge is 0.336 e. The van der Waals surface area contributed by atoms with E-state index in [4.69, 9.17) is 9.15 Å². The number of ether oxygens (including phenoxy) is 1. The standard InChI is InChI=1S/C26H27N3O4/c1-32-21-3-2-20(23(12-21)26(30)31)15-28-9-5-19(6-10-28)24-16-29(14-18-7-11-33-17-18)25-13-27-8-4-22(24)25/h2-4,7-8,11-13,16-17,19H,5-6,9-10,14-15H2,1H3,(H,30,31). The highest BCUT2D eigenvalue weighted by atomic mass is 16.5. The summed E-state index contributed by atoms with van der Waals surface area (Å²) in [6.45, 7) is 3.24. The summed E-state index contributed by atoms with van der Waals surface area (Å²) in [5.41, 5.74) is 4.77. The second-order valence-electron chi connectivity index (χ2n) is 8.62. The maximum Gasteiger partial charge on any atom is 0.336 e. The summed E-state index contributed by atoms with van der Waals surface area (Å²) in [6.07, 6.45) is 11.6. The fraction of sp³-hybridized carbons (Fsp3) is 0.308. The molecule has 3 aromatic heterocycles. The van der Waals surface area contributed by atoms with Gasteiger partial charge in [0.25, 0.3) is 0 Å². The Bertz CT molecular complexity index is 1250. The Hall–Kier alpha value is -3.58. The van der Waals surface area contributed by atoms with Crippen molar-refractivity contribution in [2.24, 2.45) is 0 Å². The van der Waals surface area contributed by atoms with Crippen LogP contribution in [0.4, 0.5) is 0 Å². The first-order valence-corrected chi connectivity index (χ1v) is 11.2. The first kappa shape index (κ1) is 21.3. The molecule has 0 bridgehead atoms. The highest BCUT2D eigenvalue weighted by Crippen LogP contribution is 2.35. The van der Waals surface area contributed by atoms with E-state index >= 15 is 0 Å². The molecule has 0 unspecified atom stereocenters. The largest absolute Gasteiger partial charge is 0.497 e. The van der Waals surface area contributed by atoms with Crippen molar-refractivity contribution in [3.05, 3.63) is 83.7 Å². The Labute approximate surface area is 192 Å². The van der Waals surface area contributed by atoms with Gasteiger partial charge in [0.1, 0.15) is 5.75 Å². The fourth-order valence-electron chi connectivity index (χ4n) is 4.86. The monoisotopic (exact) mass is 445 g/mol. The summed E-state index contributed by atoms with van der Waals surface area (Å²) >= 11 is 0. The molecule has 7 heteroatoms. The van der Waals surface area contributed by atoms with Crippen LogP contribution in [0.3, 0.4) is 0 Å². The Balaban J connectivity index is 1.31. The minimum atomic E-state index is -0.919. The Morgan fingerprint density at radius 3 is 2.79 bits per heavy atom. The van der Waals surface area contributed by atoms with Crippen molar-refractivity contribution < 1.29 is 19.1 Å². The number of furan rings is 1. The molecule has 33 heavy (non-hydrogen) atoms. The van der Waals surface area contributed by atoms with Gasteiger partial charge in [-0.15, -0.1) is 0 Å². The zero-order valence-electron chi connectivity index (χ0n) is 18.6. The summed E-state index contributed by atoms with van der Waals surface area (Å²) in [4.78, 5) is 18.4. The lowest BCUT2D eigenvalue weighted by Gasteiger charge is -2.32. The summed E-state index contributed by atoms with van der Waals surface area (Å²) < 4.78 is 12.7. The molecular formula is C26H27N3O4. The molecular weight excluding hydrogens is 418 g/mol. The molecule has 0 atom stereocenters. The molecule has 0 amide bonds. The van der Waals surface area contributed by atoms with Gasteiger partial charge in [0, 0.05) is 29.9 Å². The number of fused-ring (bicyclic) bond motifs is 1. The number of hydrogen-bond acceptors (Lipinski definition) is 5. The fourth-order valence-corrected chi connectivity index (χ4v) is 4.86. The molecule has 0 aliphatic carbocycles. The van der Waals surface area contributed by atoms with Crippen molar-refractivity contribution in [2.75, 3.05) is 20.2 Å². The number of hydrogen-bond donors (Lipinski definition) is 1. The number of carbonyl (C=O) groups is 1. The van der Waals surface area contributed by atoms with Gasteiger partial charge < -0.3 is 18.8 Å². The van der Waals surface area contributed by atoms with Crippen molar-refractivity contribution in [1.29, 1.82) is 0 Å². The normalized spacial score (nSPS) is 15.2. The molecule has 1 aliphatic rings. The zero-order valence-corrected chi connectivity index (χ0v) is 18.6. The molecule has 0 spiro atoms. The summed E-state index contributed by atoms with van der Waals surface area (Å²) in [5.74, 6) is 0.112. The van der Waals surface area contributed by atoms with Crippen LogP contribution >= 0.6 is 0 Å². The Kier molecular flexibility index (Phi) is 5.88. The van der Waals surface area contributed by atoms with Gasteiger partial charge in [0.15, 0.2) is 0 Å². The molecule has 4 aromatic rings. The van der Waals surface area contributed by atoms with Crippen LogP contribution in [-0.4, -0.2) is 45.7 Å². The van der Waals surface area contributed by atoms with Crippen molar-refractivity contribution in [3.8, 4) is 5.75 Å². The van der Waals surface area contributed by atoms with Gasteiger partial charge in [-0.25, -0.2) is 4.79 Å². The number of pyridine rings is 1. The number of aromatic carboxylic acids is 1. The number of carboxylic acid groups (broad SMARTS) is 1. The van der Waals surface area contributed by atoms with Crippen LogP contribution in [0.25, 0.3) is 10.9 Å². The van der Waals surface area contributed by atoms with Crippen molar-refractivity contribution in [1.82, 2.24) is 14.5 Å². The molecule has 0 saturated carbocycles. The minimum Gasteiger partial charge on any atom is -0.497 e. The van der Waals surface area contributed by atoms with Crippen molar-refractivity contribution in [3.63, 3.8) is 0 Å². The predicted molar refractivity (Wildman–Crippen MR) is 125 cm³/mol. The number of nitrogens with zero attached hydrogens (tertiary/aromatic N) is 3. The van der Waals surface area contributed by atoms with Gasteiger partial charge in [0.2, 0.25) is 0 Å². The molecule has 5 rings (SSSR count). The SMILES string of the molecule is COc1ccc(CN2CCC(c3cn(Cc4ccoc4)c4cnccc34)CC2)c(C(=O)O)c1. The average Bonchev–Trinajstić information content (AvgIpc) is 3.48. The van der Waals surface area contributed by atoms with Crippen LogP contribution in [0.1, 0.15) is 45.8 Å². The maximum absolute atomic E-state index is 11.7. The number of rotatable bonds is 7. The third-order valence-electron chi connectivity index (χ3n) is 6.62. The predicted octanol–water partition coefficient (Wildman–Crippen LogP) is 4.76. The van der Waals surface area contributed by atoms with E-state index in [1.54, 1.807) is 25.7 Å². The molecule has 170 valence electrons. The van der Waals surface area contributed by atoms with Gasteiger partial charge in [0.05, 0.1) is 43.5 Å². The van der Waals surface area contributed by atoms with Gasteiger partial charge >= 0.3 is 5.97 Å². The van der Waals surface area contributed by atoms with Crippen LogP contribution in [-0.2, 0) is 13.1 Å². The van der Waals surface area contributed by atoms with Crippen molar-refractivity contribution in [2.45, 2.75) is 31.8 Å². The van der Waals surface area contributed by atoms with Gasteiger partial charge in [-0.3, -0.25) is 9.88 Å². The molecule has 1 N–H and O–H groups in total. The average molecular weight is 446 g/mol. The lowest BCUT2D eigenvalue weighted by atomic mass is 9.89. The topological polar surface area (TPSA) is 80.7 Å². The zero-order chi connectivity index (χ0) is 22.8. The minimum absolute atomic E-state index is 0.311. The number of likely N-dealkylation sites (tertiary alicyclic amines) is 1. The lowest BCUT2D eigenvalue weighted by molar-refractivity contribution is 0.0693. The highest BCUT2D eigenvalue weighted by molar-refractivity contribution is 5.90. The second kappa shape index (κ2) is 9.11. The van der Waals surface area contributed by atoms with Crippen LogP contribution in [0.5, 0.6) is 5.75 Å². The van der Waals surface area contributed by atoms with E-state index in [0.29, 0.717) is 23.8 Å². The van der Waals surface area contributed by atoms with Crippen LogP contribution in [0.15, 0.2) is 65.9 Å². The number of carboxylic acids is 1. The number of aromatic nitrogens is 2. The van der Waals surface area contributed by atoms with Crippen molar-refractivity contribution >= 4 is 16.9 Å². The van der Waals surface area contributed by atoms with Crippen LogP contribution in [0.2, 0.25) is 0 Å². The first-order valence-electron chi connectivity index (χ1n) is 11.2. The van der Waals surface area contributed by atoms with E-state index in [-0.39, 0.29) is 0 Å². The Morgan fingerprint density at radius 1 is 1.21 bits per heavy atom. The molecule has 1 saturated heterocycles. The molecule has 4 heterocycles. The summed E-state index contributed by atoms with van der Waals surface area (Å²) in [5, 5.41) is 10.9. The maximum atomic E-state index is 11.7. The molecule has 1 aromatic carbocycles. The summed E-state index contributed by atoms with van der Waals surface area (Å²) in [7, 11) is 1.55. The quantitative estimate of drug-likeness (QED) is 0.442. The third kappa shape index (κ3) is 4.36. The van der Waals surface area contributed by atoms with E-state index in [1.165, 1.54) is 10.9 Å². The number of piperidine rings is 1. The molecule has 0 radical (unpaired) electrons. The lowest BCUT2D eigenvalue weighted by Crippen LogP contribution is -2.33. The third-order valence-corrected chi connectivity index (χ3v) is 6.62. The van der Waals surface area contributed by atoms with E-state index in [0.717, 1.165) is 49.1 Å². The Morgan fingerprint density at radius 2 is 2.06 bits per heavy atom. The molecule has 1 fully saturated rings. The van der Waals surface area contributed by atoms with E-state index in [2.05, 4.69) is 26.7 Å². The van der Waals surface area contributed by atoms with E-state index in [9.17, 15) is 9.90 Å². The highest BCUT2D eigenvalue weighted by Gasteiger charge is 2.25. The summed E-state index contributed by atoms with van der Waals surface area (Å²) in [6, 6.07) is 9.40. The van der Waals surface area contributed by atoms with Crippen LogP contribution in [0, 0.1) is 0 Å². The molecule has 7 nitrogen and oxygen atoms in total. The van der Waals surface area contributed by atoms with E-state index < -0.39 is 5.97 Å². The number of benzene rings is 1. The first-order chi connectivity index (χ1) is 16.1.